The summed E-state index contributed by atoms with van der Waals surface area (Å²) in [6, 6.07) is 25.7. The van der Waals surface area contributed by atoms with Crippen LogP contribution < -0.4 is 0 Å². The zero-order valence-corrected chi connectivity index (χ0v) is 14.7. The molecule has 0 aliphatic rings. The van der Waals surface area contributed by atoms with Gasteiger partial charge in [-0.1, -0.05) is 60.7 Å². The number of nitrogens with one attached hydrogen (secondary N) is 1. The van der Waals surface area contributed by atoms with Gasteiger partial charge in [0.15, 0.2) is 0 Å². The molecule has 2 nitrogen and oxygen atoms in total. The lowest BCUT2D eigenvalue weighted by Crippen LogP contribution is -2.06. The summed E-state index contributed by atoms with van der Waals surface area (Å²) >= 11 is 0. The first-order valence-corrected chi connectivity index (χ1v) is 8.76. The number of aryl methyl sites for hydroxylation is 2. The molecule has 0 atom stereocenters. The zero-order chi connectivity index (χ0) is 17.2. The molecule has 0 aliphatic heterocycles. The summed E-state index contributed by atoms with van der Waals surface area (Å²) in [5.74, 6) is 1.34. The van der Waals surface area contributed by atoms with Crippen molar-refractivity contribution < 1.29 is 0 Å². The van der Waals surface area contributed by atoms with Crippen molar-refractivity contribution in [3.63, 3.8) is 0 Å². The van der Waals surface area contributed by atoms with Gasteiger partial charge in [-0.05, 0) is 48.2 Å². The summed E-state index contributed by atoms with van der Waals surface area (Å²) < 4.78 is 0. The van der Waals surface area contributed by atoms with Gasteiger partial charge in [0.25, 0.3) is 0 Å². The molecule has 0 saturated heterocycles. The largest absolute Gasteiger partial charge is 0.342 e. The minimum Gasteiger partial charge on any atom is -0.342 e. The average Bonchev–Trinajstić information content (AvgIpc) is 3.03. The number of nitrogens with zero attached hydrogens (tertiary/aromatic N) is 1. The highest BCUT2D eigenvalue weighted by Gasteiger charge is 2.17. The van der Waals surface area contributed by atoms with Crippen LogP contribution in [0.5, 0.6) is 0 Å². The van der Waals surface area contributed by atoms with Crippen LogP contribution in [0.15, 0.2) is 72.8 Å². The van der Waals surface area contributed by atoms with Gasteiger partial charge < -0.3 is 4.98 Å². The van der Waals surface area contributed by atoms with Gasteiger partial charge in [-0.25, -0.2) is 4.98 Å². The predicted molar refractivity (Wildman–Crippen MR) is 104 cm³/mol. The van der Waals surface area contributed by atoms with E-state index in [1.54, 1.807) is 0 Å². The van der Waals surface area contributed by atoms with Crippen LogP contribution in [0, 0.1) is 13.8 Å². The van der Waals surface area contributed by atoms with Crippen LogP contribution in [0.2, 0.25) is 0 Å². The molecule has 1 heterocycles. The molecule has 1 aromatic heterocycles. The SMILES string of the molecule is Cc1cc2nc(CC(c3ccccc3)c3ccccc3)[nH]c2cc1C. The second-order valence-electron chi connectivity index (χ2n) is 6.72. The molecule has 0 radical (unpaired) electrons. The Bertz CT molecular complexity index is 906. The van der Waals surface area contributed by atoms with E-state index in [0.29, 0.717) is 5.92 Å². The quantitative estimate of drug-likeness (QED) is 0.523. The summed E-state index contributed by atoms with van der Waals surface area (Å²) in [6.45, 7) is 4.28. The van der Waals surface area contributed by atoms with Crippen LogP contribution in [0.1, 0.15) is 34.0 Å². The van der Waals surface area contributed by atoms with Gasteiger partial charge in [0, 0.05) is 12.3 Å². The average molecular weight is 326 g/mol. The van der Waals surface area contributed by atoms with Crippen molar-refractivity contribution in [1.82, 2.24) is 9.97 Å². The van der Waals surface area contributed by atoms with Crippen molar-refractivity contribution in [3.8, 4) is 0 Å². The van der Waals surface area contributed by atoms with Crippen molar-refractivity contribution in [2.75, 3.05) is 0 Å². The van der Waals surface area contributed by atoms with Crippen LogP contribution in [0.25, 0.3) is 11.0 Å². The maximum atomic E-state index is 4.85. The molecular weight excluding hydrogens is 304 g/mol. The molecule has 1 N–H and O–H groups in total. The van der Waals surface area contributed by atoms with Crippen LogP contribution in [0.4, 0.5) is 0 Å². The zero-order valence-electron chi connectivity index (χ0n) is 14.7. The lowest BCUT2D eigenvalue weighted by atomic mass is 9.88. The number of benzene rings is 3. The highest BCUT2D eigenvalue weighted by atomic mass is 14.9. The molecule has 0 saturated carbocycles. The second kappa shape index (κ2) is 6.56. The first-order valence-electron chi connectivity index (χ1n) is 8.76. The third-order valence-electron chi connectivity index (χ3n) is 4.95. The van der Waals surface area contributed by atoms with Gasteiger partial charge in [-0.2, -0.15) is 0 Å². The second-order valence-corrected chi connectivity index (χ2v) is 6.72. The Labute approximate surface area is 148 Å². The Morgan fingerprint density at radius 2 is 1.36 bits per heavy atom. The fourth-order valence-electron chi connectivity index (χ4n) is 3.41. The number of hydrogen-bond acceptors (Lipinski definition) is 1. The standard InChI is InChI=1S/C23H22N2/c1-16-13-21-22(14-17(16)2)25-23(24-21)15-20(18-9-5-3-6-10-18)19-11-7-4-8-12-19/h3-14,20H,15H2,1-2H3,(H,24,25). The van der Waals surface area contributed by atoms with Crippen molar-refractivity contribution in [3.05, 3.63) is 101 Å². The third kappa shape index (κ3) is 3.20. The van der Waals surface area contributed by atoms with Crippen molar-refractivity contribution in [2.45, 2.75) is 26.2 Å². The van der Waals surface area contributed by atoms with E-state index in [2.05, 4.69) is 91.6 Å². The normalized spacial score (nSPS) is 11.3. The maximum Gasteiger partial charge on any atom is 0.108 e. The number of aromatic amines is 1. The number of fused-ring (bicyclic) bond motifs is 1. The van der Waals surface area contributed by atoms with Crippen LogP contribution in [0.3, 0.4) is 0 Å². The summed E-state index contributed by atoms with van der Waals surface area (Å²) in [5.41, 5.74) is 7.40. The highest BCUT2D eigenvalue weighted by molar-refractivity contribution is 5.77. The van der Waals surface area contributed by atoms with Gasteiger partial charge >= 0.3 is 0 Å². The molecule has 0 fully saturated rings. The fraction of sp³-hybridized carbons (Fsp3) is 0.174. The minimum atomic E-state index is 0.296. The topological polar surface area (TPSA) is 28.7 Å². The van der Waals surface area contributed by atoms with E-state index in [1.165, 1.54) is 22.3 Å². The van der Waals surface area contributed by atoms with Crippen molar-refractivity contribution in [1.29, 1.82) is 0 Å². The van der Waals surface area contributed by atoms with Gasteiger partial charge in [0.05, 0.1) is 11.0 Å². The fourth-order valence-corrected chi connectivity index (χ4v) is 3.41. The van der Waals surface area contributed by atoms with Crippen LogP contribution in [-0.4, -0.2) is 9.97 Å². The lowest BCUT2D eigenvalue weighted by molar-refractivity contribution is 0.769. The Morgan fingerprint density at radius 3 is 1.96 bits per heavy atom. The molecule has 3 aromatic carbocycles. The van der Waals surface area contributed by atoms with Gasteiger partial charge in [0.1, 0.15) is 5.82 Å². The van der Waals surface area contributed by atoms with E-state index >= 15 is 0 Å². The molecule has 124 valence electrons. The molecule has 4 rings (SSSR count). The Balaban J connectivity index is 1.74. The smallest absolute Gasteiger partial charge is 0.108 e. The highest BCUT2D eigenvalue weighted by Crippen LogP contribution is 2.28. The molecule has 25 heavy (non-hydrogen) atoms. The number of hydrogen-bond donors (Lipinski definition) is 1. The molecule has 0 unspecified atom stereocenters. The molecule has 0 aliphatic carbocycles. The Hall–Kier alpha value is -2.87. The summed E-state index contributed by atoms with van der Waals surface area (Å²) in [7, 11) is 0. The van der Waals surface area contributed by atoms with E-state index in [9.17, 15) is 0 Å². The monoisotopic (exact) mass is 326 g/mol. The first kappa shape index (κ1) is 15.6. The molecule has 0 spiro atoms. The van der Waals surface area contributed by atoms with Crippen LogP contribution in [-0.2, 0) is 6.42 Å². The number of imidazole rings is 1. The summed E-state index contributed by atoms with van der Waals surface area (Å²) in [6.07, 6.45) is 0.862. The van der Waals surface area contributed by atoms with E-state index in [0.717, 1.165) is 23.3 Å². The first-order chi connectivity index (χ1) is 12.2. The molecular formula is C23H22N2. The van der Waals surface area contributed by atoms with Crippen molar-refractivity contribution in [2.24, 2.45) is 0 Å². The van der Waals surface area contributed by atoms with E-state index in [-0.39, 0.29) is 0 Å². The molecule has 4 aromatic rings. The predicted octanol–water partition coefficient (Wildman–Crippen LogP) is 5.55. The Kier molecular flexibility index (Phi) is 4.10. The molecule has 0 amide bonds. The van der Waals surface area contributed by atoms with Gasteiger partial charge in [-0.3, -0.25) is 0 Å². The molecule has 2 heteroatoms. The van der Waals surface area contributed by atoms with Crippen LogP contribution >= 0.6 is 0 Å². The summed E-state index contributed by atoms with van der Waals surface area (Å²) in [5, 5.41) is 0. The number of H-pyrrole nitrogens is 1. The third-order valence-corrected chi connectivity index (χ3v) is 4.95. The maximum absolute atomic E-state index is 4.85. The van der Waals surface area contributed by atoms with E-state index in [1.807, 2.05) is 0 Å². The van der Waals surface area contributed by atoms with E-state index < -0.39 is 0 Å². The number of aromatic nitrogens is 2. The van der Waals surface area contributed by atoms with Gasteiger partial charge in [0.2, 0.25) is 0 Å². The lowest BCUT2D eigenvalue weighted by Gasteiger charge is -2.17. The van der Waals surface area contributed by atoms with E-state index in [4.69, 9.17) is 4.98 Å². The molecule has 0 bridgehead atoms. The minimum absolute atomic E-state index is 0.296. The summed E-state index contributed by atoms with van der Waals surface area (Å²) in [4.78, 5) is 8.37. The Morgan fingerprint density at radius 1 is 0.800 bits per heavy atom. The number of rotatable bonds is 4. The van der Waals surface area contributed by atoms with Gasteiger partial charge in [-0.15, -0.1) is 0 Å². The van der Waals surface area contributed by atoms with Crippen molar-refractivity contribution >= 4 is 11.0 Å².